The minimum atomic E-state index is -0.294. The lowest BCUT2D eigenvalue weighted by Crippen LogP contribution is -2.55. The van der Waals surface area contributed by atoms with Crippen LogP contribution in [0.5, 0.6) is 0 Å². The highest BCUT2D eigenvalue weighted by Gasteiger charge is 2.28. The number of methoxy groups -OCH3 is 1. The van der Waals surface area contributed by atoms with Crippen LogP contribution in [0.2, 0.25) is 0 Å². The maximum absolute atomic E-state index is 12.2. The predicted molar refractivity (Wildman–Crippen MR) is 76.4 cm³/mol. The lowest BCUT2D eigenvalue weighted by molar-refractivity contribution is -0.129. The second-order valence-corrected chi connectivity index (χ2v) is 4.89. The fourth-order valence-electron chi connectivity index (χ4n) is 2.34. The molecular weight excluding hydrogens is 256 g/mol. The van der Waals surface area contributed by atoms with Crippen LogP contribution in [0.1, 0.15) is 18.6 Å². The van der Waals surface area contributed by atoms with Crippen molar-refractivity contribution in [2.45, 2.75) is 25.2 Å². The van der Waals surface area contributed by atoms with E-state index in [4.69, 9.17) is 9.47 Å². The number of amides is 1. The molecule has 0 bridgehead atoms. The third-order valence-electron chi connectivity index (χ3n) is 3.52. The molecule has 5 heteroatoms. The summed E-state index contributed by atoms with van der Waals surface area (Å²) in [7, 11) is 1.65. The zero-order chi connectivity index (χ0) is 14.4. The molecule has 1 saturated heterocycles. The summed E-state index contributed by atoms with van der Waals surface area (Å²) >= 11 is 0. The number of carbonyl (C=O) groups excluding carboxylic acids is 1. The van der Waals surface area contributed by atoms with Gasteiger partial charge in [-0.1, -0.05) is 30.3 Å². The number of ether oxygens (including phenoxy) is 2. The van der Waals surface area contributed by atoms with Gasteiger partial charge in [-0.25, -0.2) is 0 Å². The Labute approximate surface area is 119 Å². The van der Waals surface area contributed by atoms with Gasteiger partial charge in [0.25, 0.3) is 0 Å². The molecule has 0 saturated carbocycles. The number of hydrogen-bond donors (Lipinski definition) is 2. The molecule has 20 heavy (non-hydrogen) atoms. The summed E-state index contributed by atoms with van der Waals surface area (Å²) in [6, 6.07) is 9.57. The van der Waals surface area contributed by atoms with E-state index in [0.29, 0.717) is 19.7 Å². The molecule has 1 fully saturated rings. The van der Waals surface area contributed by atoms with Gasteiger partial charge in [0, 0.05) is 20.2 Å². The molecule has 0 radical (unpaired) electrons. The smallest absolute Gasteiger partial charge is 0.239 e. The van der Waals surface area contributed by atoms with Crippen LogP contribution in [0, 0.1) is 0 Å². The summed E-state index contributed by atoms with van der Waals surface area (Å²) in [6.45, 7) is 3.70. The van der Waals surface area contributed by atoms with E-state index in [1.807, 2.05) is 37.3 Å². The van der Waals surface area contributed by atoms with Crippen LogP contribution in [-0.4, -0.2) is 44.9 Å². The standard InChI is InChI=1S/C15H22N2O3/c1-11-14(16-8-9-20-11)15(18)17-10-13(19-2)12-6-4-3-5-7-12/h3-7,11,13-14,16H,8-10H2,1-2H3,(H,17,18)/t11-,13?,14+/m1/s1. The number of rotatable bonds is 5. The van der Waals surface area contributed by atoms with E-state index in [0.717, 1.165) is 5.56 Å². The highest BCUT2D eigenvalue weighted by Crippen LogP contribution is 2.15. The minimum absolute atomic E-state index is 0.0461. The molecule has 3 atom stereocenters. The number of nitrogens with one attached hydrogen (secondary N) is 2. The molecule has 5 nitrogen and oxygen atoms in total. The summed E-state index contributed by atoms with van der Waals surface area (Å²) in [5.41, 5.74) is 1.05. The van der Waals surface area contributed by atoms with Gasteiger partial charge in [-0.15, -0.1) is 0 Å². The van der Waals surface area contributed by atoms with Gasteiger partial charge in [0.1, 0.15) is 6.04 Å². The van der Waals surface area contributed by atoms with E-state index in [1.165, 1.54) is 0 Å². The van der Waals surface area contributed by atoms with Gasteiger partial charge in [-0.2, -0.15) is 0 Å². The highest BCUT2D eigenvalue weighted by atomic mass is 16.5. The third-order valence-corrected chi connectivity index (χ3v) is 3.52. The molecule has 2 N–H and O–H groups in total. The van der Waals surface area contributed by atoms with Crippen molar-refractivity contribution in [1.29, 1.82) is 0 Å². The van der Waals surface area contributed by atoms with Gasteiger partial charge >= 0.3 is 0 Å². The van der Waals surface area contributed by atoms with Crippen molar-refractivity contribution in [1.82, 2.24) is 10.6 Å². The molecule has 0 aromatic heterocycles. The maximum Gasteiger partial charge on any atom is 0.239 e. The molecule has 1 aliphatic heterocycles. The SMILES string of the molecule is COC(CNC(=O)[C@H]1NCCO[C@@H]1C)c1ccccc1. The number of hydrogen-bond acceptors (Lipinski definition) is 4. The minimum Gasteiger partial charge on any atom is -0.375 e. The van der Waals surface area contributed by atoms with Gasteiger partial charge in [-0.05, 0) is 12.5 Å². The Morgan fingerprint density at radius 1 is 1.50 bits per heavy atom. The Morgan fingerprint density at radius 2 is 2.25 bits per heavy atom. The van der Waals surface area contributed by atoms with Crippen molar-refractivity contribution >= 4 is 5.91 Å². The van der Waals surface area contributed by atoms with E-state index < -0.39 is 0 Å². The summed E-state index contributed by atoms with van der Waals surface area (Å²) in [6.07, 6.45) is -0.249. The first-order valence-electron chi connectivity index (χ1n) is 6.93. The zero-order valence-corrected chi connectivity index (χ0v) is 12.0. The van der Waals surface area contributed by atoms with Gasteiger partial charge in [0.15, 0.2) is 0 Å². The zero-order valence-electron chi connectivity index (χ0n) is 12.0. The van der Waals surface area contributed by atoms with Crippen LogP contribution >= 0.6 is 0 Å². The quantitative estimate of drug-likeness (QED) is 0.839. The van der Waals surface area contributed by atoms with E-state index in [-0.39, 0.29) is 24.2 Å². The van der Waals surface area contributed by atoms with E-state index in [1.54, 1.807) is 7.11 Å². The maximum atomic E-state index is 12.2. The monoisotopic (exact) mass is 278 g/mol. The first kappa shape index (κ1) is 15.0. The fraction of sp³-hybridized carbons (Fsp3) is 0.533. The van der Waals surface area contributed by atoms with Crippen LogP contribution in [0.15, 0.2) is 30.3 Å². The van der Waals surface area contributed by atoms with E-state index >= 15 is 0 Å². The predicted octanol–water partition coefficient (Wildman–Crippen LogP) is 0.867. The highest BCUT2D eigenvalue weighted by molar-refractivity contribution is 5.82. The average molecular weight is 278 g/mol. The van der Waals surface area contributed by atoms with Gasteiger partial charge < -0.3 is 20.1 Å². The Kier molecular flexibility index (Phi) is 5.52. The number of benzene rings is 1. The molecule has 1 unspecified atom stereocenters. The Balaban J connectivity index is 1.88. The molecular formula is C15H22N2O3. The second-order valence-electron chi connectivity index (χ2n) is 4.89. The van der Waals surface area contributed by atoms with E-state index in [9.17, 15) is 4.79 Å². The van der Waals surface area contributed by atoms with Gasteiger partial charge in [0.05, 0.1) is 18.8 Å². The van der Waals surface area contributed by atoms with E-state index in [2.05, 4.69) is 10.6 Å². The normalized spacial score (nSPS) is 24.1. The summed E-state index contributed by atoms with van der Waals surface area (Å²) < 4.78 is 10.9. The topological polar surface area (TPSA) is 59.6 Å². The average Bonchev–Trinajstić information content (AvgIpc) is 2.49. The van der Waals surface area contributed by atoms with Crippen LogP contribution < -0.4 is 10.6 Å². The van der Waals surface area contributed by atoms with Gasteiger partial charge in [-0.3, -0.25) is 4.79 Å². The summed E-state index contributed by atoms with van der Waals surface area (Å²) in [4.78, 5) is 12.2. The summed E-state index contributed by atoms with van der Waals surface area (Å²) in [5.74, 6) is -0.0461. The molecule has 1 aromatic carbocycles. The van der Waals surface area contributed by atoms with Crippen LogP contribution in [0.3, 0.4) is 0 Å². The largest absolute Gasteiger partial charge is 0.375 e. The second kappa shape index (κ2) is 7.38. The van der Waals surface area contributed by atoms with Crippen LogP contribution in [0.4, 0.5) is 0 Å². The first-order valence-corrected chi connectivity index (χ1v) is 6.93. The van der Waals surface area contributed by atoms with Crippen molar-refractivity contribution in [2.75, 3.05) is 26.8 Å². The first-order chi connectivity index (χ1) is 9.72. The Morgan fingerprint density at radius 3 is 2.90 bits per heavy atom. The molecule has 110 valence electrons. The van der Waals surface area contributed by atoms with Gasteiger partial charge in [0.2, 0.25) is 5.91 Å². The molecule has 1 amide bonds. The molecule has 0 aliphatic carbocycles. The lowest BCUT2D eigenvalue weighted by atomic mass is 10.1. The van der Waals surface area contributed by atoms with Crippen molar-refractivity contribution in [3.63, 3.8) is 0 Å². The third kappa shape index (κ3) is 3.79. The van der Waals surface area contributed by atoms with Crippen LogP contribution in [0.25, 0.3) is 0 Å². The van der Waals surface area contributed by atoms with Crippen molar-refractivity contribution < 1.29 is 14.3 Å². The molecule has 0 spiro atoms. The summed E-state index contributed by atoms with van der Waals surface area (Å²) in [5, 5.41) is 6.10. The number of carbonyl (C=O) groups is 1. The molecule has 1 heterocycles. The van der Waals surface area contributed by atoms with Crippen molar-refractivity contribution in [2.24, 2.45) is 0 Å². The molecule has 1 aliphatic rings. The van der Waals surface area contributed by atoms with Crippen molar-refractivity contribution in [3.05, 3.63) is 35.9 Å². The number of morpholine rings is 1. The Hall–Kier alpha value is -1.43. The van der Waals surface area contributed by atoms with Crippen molar-refractivity contribution in [3.8, 4) is 0 Å². The van der Waals surface area contributed by atoms with Crippen LogP contribution in [-0.2, 0) is 14.3 Å². The molecule has 1 aromatic rings. The Bertz CT molecular complexity index is 424. The fourth-order valence-corrected chi connectivity index (χ4v) is 2.34. The lowest BCUT2D eigenvalue weighted by Gasteiger charge is -2.29. The molecule has 2 rings (SSSR count).